The quantitative estimate of drug-likeness (QED) is 0.579. The van der Waals surface area contributed by atoms with E-state index in [1.165, 1.54) is 36.4 Å². The summed E-state index contributed by atoms with van der Waals surface area (Å²) in [5.41, 5.74) is -0.896. The molecule has 3 rings (SSSR count). The molecule has 1 heterocycles. The van der Waals surface area contributed by atoms with Crippen LogP contribution in [-0.2, 0) is 14.4 Å². The Morgan fingerprint density at radius 1 is 1.21 bits per heavy atom. The molecule has 0 saturated heterocycles. The van der Waals surface area contributed by atoms with E-state index in [-0.39, 0.29) is 23.5 Å². The maximum atomic E-state index is 13.0. The Labute approximate surface area is 157 Å². The van der Waals surface area contributed by atoms with E-state index in [2.05, 4.69) is 10.5 Å². The van der Waals surface area contributed by atoms with Gasteiger partial charge in [-0.25, -0.2) is 4.39 Å². The zero-order chi connectivity index (χ0) is 20.3. The lowest BCUT2D eigenvalue weighted by atomic mass is 9.90. The molecule has 10 heteroatoms. The van der Waals surface area contributed by atoms with Gasteiger partial charge in [-0.3, -0.25) is 19.7 Å². The molecule has 1 aliphatic rings. The van der Waals surface area contributed by atoms with Crippen molar-refractivity contribution in [2.45, 2.75) is 18.4 Å². The number of rotatable bonds is 6. The van der Waals surface area contributed by atoms with Crippen molar-refractivity contribution in [3.05, 3.63) is 70.0 Å². The number of oxime groups is 1. The van der Waals surface area contributed by atoms with Gasteiger partial charge in [-0.1, -0.05) is 5.16 Å². The van der Waals surface area contributed by atoms with Gasteiger partial charge in [-0.2, -0.15) is 0 Å². The summed E-state index contributed by atoms with van der Waals surface area (Å²) in [7, 11) is 0. The van der Waals surface area contributed by atoms with Crippen LogP contribution in [0.25, 0.3) is 0 Å². The first-order chi connectivity index (χ1) is 13.3. The summed E-state index contributed by atoms with van der Waals surface area (Å²) in [6.45, 7) is 0. The number of non-ortho nitro benzene ring substituents is 1. The molecule has 2 N–H and O–H groups in total. The highest BCUT2D eigenvalue weighted by Crippen LogP contribution is 2.32. The molecule has 2 aromatic carbocycles. The summed E-state index contributed by atoms with van der Waals surface area (Å²) < 4.78 is 13.0. The summed E-state index contributed by atoms with van der Waals surface area (Å²) >= 11 is 0. The van der Waals surface area contributed by atoms with E-state index in [0.717, 1.165) is 12.1 Å². The van der Waals surface area contributed by atoms with Gasteiger partial charge in [0.2, 0.25) is 5.60 Å². The first kappa shape index (κ1) is 19.0. The molecule has 0 fully saturated rings. The fraction of sp³-hybridized carbons (Fsp3) is 0.167. The number of benzene rings is 2. The van der Waals surface area contributed by atoms with E-state index < -0.39 is 34.6 Å². The third kappa shape index (κ3) is 3.95. The average Bonchev–Trinajstić information content (AvgIpc) is 3.08. The first-order valence-corrected chi connectivity index (χ1v) is 8.08. The molecule has 0 saturated carbocycles. The monoisotopic (exact) mass is 387 g/mol. The van der Waals surface area contributed by atoms with Gasteiger partial charge in [0.1, 0.15) is 5.82 Å². The number of aliphatic carboxylic acids is 1. The number of halogens is 1. The normalized spacial score (nSPS) is 18.1. The predicted molar refractivity (Wildman–Crippen MR) is 95.3 cm³/mol. The second-order valence-electron chi connectivity index (χ2n) is 6.14. The van der Waals surface area contributed by atoms with Gasteiger partial charge in [0.15, 0.2) is 0 Å². The fourth-order valence-corrected chi connectivity index (χ4v) is 2.73. The number of nitro benzene ring substituents is 1. The van der Waals surface area contributed by atoms with Crippen LogP contribution >= 0.6 is 0 Å². The molecule has 28 heavy (non-hydrogen) atoms. The lowest BCUT2D eigenvalue weighted by Gasteiger charge is -2.23. The van der Waals surface area contributed by atoms with Crippen molar-refractivity contribution in [1.29, 1.82) is 0 Å². The fourth-order valence-electron chi connectivity index (χ4n) is 2.73. The zero-order valence-electron chi connectivity index (χ0n) is 14.3. The van der Waals surface area contributed by atoms with Crippen LogP contribution in [0.3, 0.4) is 0 Å². The average molecular weight is 387 g/mol. The first-order valence-electron chi connectivity index (χ1n) is 8.08. The van der Waals surface area contributed by atoms with E-state index in [1.54, 1.807) is 0 Å². The van der Waals surface area contributed by atoms with Crippen LogP contribution < -0.4 is 5.32 Å². The van der Waals surface area contributed by atoms with Gasteiger partial charge < -0.3 is 15.3 Å². The van der Waals surface area contributed by atoms with Crippen LogP contribution in [0.2, 0.25) is 0 Å². The molecule has 0 spiro atoms. The minimum atomic E-state index is -1.79. The smallest absolute Gasteiger partial charge is 0.308 e. The molecule has 1 atom stereocenters. The summed E-state index contributed by atoms with van der Waals surface area (Å²) in [5, 5.41) is 26.3. The van der Waals surface area contributed by atoms with Crippen LogP contribution in [0.15, 0.2) is 53.7 Å². The third-order valence-corrected chi connectivity index (χ3v) is 4.15. The molecule has 2 aromatic rings. The molecule has 144 valence electrons. The van der Waals surface area contributed by atoms with Crippen molar-refractivity contribution in [2.75, 3.05) is 5.32 Å². The van der Waals surface area contributed by atoms with Crippen molar-refractivity contribution in [3.63, 3.8) is 0 Å². The molecular weight excluding hydrogens is 373 g/mol. The van der Waals surface area contributed by atoms with Gasteiger partial charge in [0.25, 0.3) is 11.6 Å². The second-order valence-corrected chi connectivity index (χ2v) is 6.14. The van der Waals surface area contributed by atoms with Crippen LogP contribution in [-0.4, -0.2) is 33.2 Å². The van der Waals surface area contributed by atoms with Crippen LogP contribution in [0.1, 0.15) is 18.4 Å². The number of hydrogen-bond acceptors (Lipinski definition) is 6. The summed E-state index contributed by atoms with van der Waals surface area (Å²) in [5.74, 6) is -2.50. The standard InChI is InChI=1S/C18H14FN3O6/c19-12-3-5-13(6-4-12)20-17(25)18(10-16(23)24)9-15(21-28-18)11-1-7-14(8-2-11)22(26)27/h1-8H,9-10H2,(H,20,25)(H,23,24). The number of carbonyl (C=O) groups excluding carboxylic acids is 1. The number of carboxylic acids is 1. The molecule has 0 bridgehead atoms. The van der Waals surface area contributed by atoms with Gasteiger partial charge in [0.05, 0.1) is 17.1 Å². The molecule has 1 amide bonds. The van der Waals surface area contributed by atoms with E-state index in [4.69, 9.17) is 4.84 Å². The van der Waals surface area contributed by atoms with E-state index in [0.29, 0.717) is 5.56 Å². The minimum Gasteiger partial charge on any atom is -0.481 e. The van der Waals surface area contributed by atoms with Gasteiger partial charge in [-0.15, -0.1) is 0 Å². The highest BCUT2D eigenvalue weighted by atomic mass is 19.1. The Kier molecular flexibility index (Phi) is 5.03. The molecule has 9 nitrogen and oxygen atoms in total. The van der Waals surface area contributed by atoms with Crippen LogP contribution in [0, 0.1) is 15.9 Å². The Morgan fingerprint density at radius 2 is 1.86 bits per heavy atom. The maximum Gasteiger partial charge on any atom is 0.308 e. The minimum absolute atomic E-state index is 0.117. The van der Waals surface area contributed by atoms with Crippen molar-refractivity contribution in [1.82, 2.24) is 0 Å². The number of nitrogens with one attached hydrogen (secondary N) is 1. The van der Waals surface area contributed by atoms with Gasteiger partial charge in [-0.05, 0) is 42.0 Å². The summed E-state index contributed by atoms with van der Waals surface area (Å²) in [6, 6.07) is 10.4. The Morgan fingerprint density at radius 3 is 2.43 bits per heavy atom. The topological polar surface area (TPSA) is 131 Å². The van der Waals surface area contributed by atoms with Crippen LogP contribution in [0.4, 0.5) is 15.8 Å². The molecule has 0 radical (unpaired) electrons. The zero-order valence-corrected chi connectivity index (χ0v) is 14.3. The van der Waals surface area contributed by atoms with Crippen molar-refractivity contribution < 1.29 is 28.8 Å². The van der Waals surface area contributed by atoms with Crippen molar-refractivity contribution in [2.24, 2.45) is 5.16 Å². The maximum absolute atomic E-state index is 13.0. The number of nitrogens with zero attached hydrogens (tertiary/aromatic N) is 2. The molecule has 0 aliphatic carbocycles. The second kappa shape index (κ2) is 7.43. The van der Waals surface area contributed by atoms with E-state index in [1.807, 2.05) is 0 Å². The van der Waals surface area contributed by atoms with Crippen LogP contribution in [0.5, 0.6) is 0 Å². The number of amides is 1. The van der Waals surface area contributed by atoms with E-state index >= 15 is 0 Å². The molecular formula is C18H14FN3O6. The molecule has 1 aliphatic heterocycles. The molecule has 0 aromatic heterocycles. The SMILES string of the molecule is O=C(O)CC1(C(=O)Nc2ccc(F)cc2)CC(c2ccc([N+](=O)[O-])cc2)=NO1. The Bertz CT molecular complexity index is 958. The highest BCUT2D eigenvalue weighted by Gasteiger charge is 2.48. The lowest BCUT2D eigenvalue weighted by molar-refractivity contribution is -0.384. The van der Waals surface area contributed by atoms with Crippen molar-refractivity contribution >= 4 is 29.0 Å². The lowest BCUT2D eigenvalue weighted by Crippen LogP contribution is -2.45. The van der Waals surface area contributed by atoms with E-state index in [9.17, 15) is 29.2 Å². The summed E-state index contributed by atoms with van der Waals surface area (Å²) in [4.78, 5) is 39.4. The predicted octanol–water partition coefficient (Wildman–Crippen LogP) is 2.71. The van der Waals surface area contributed by atoms with Crippen molar-refractivity contribution in [3.8, 4) is 0 Å². The number of carboxylic acid groups (broad SMARTS) is 1. The third-order valence-electron chi connectivity index (χ3n) is 4.15. The van der Waals surface area contributed by atoms with Gasteiger partial charge in [0, 0.05) is 24.2 Å². The number of nitro groups is 1. The number of anilines is 1. The summed E-state index contributed by atoms with van der Waals surface area (Å²) in [6.07, 6.45) is -0.801. The van der Waals surface area contributed by atoms with Gasteiger partial charge >= 0.3 is 5.97 Å². The number of carbonyl (C=O) groups is 2. The number of hydrogen-bond donors (Lipinski definition) is 2. The highest BCUT2D eigenvalue weighted by molar-refractivity contribution is 6.09. The molecule has 1 unspecified atom stereocenters. The Balaban J connectivity index is 1.81. The largest absolute Gasteiger partial charge is 0.481 e. The Hall–Kier alpha value is -3.82.